The summed E-state index contributed by atoms with van der Waals surface area (Å²) in [5, 5.41) is 17.0. The molecule has 10 heavy (non-hydrogen) atoms. The average molecular weight is 130 g/mol. The van der Waals surface area contributed by atoms with Crippen molar-refractivity contribution in [1.82, 2.24) is 0 Å². The first-order chi connectivity index (χ1) is 4.88. The van der Waals surface area contributed by atoms with Crippen LogP contribution in [0.5, 0.6) is 0 Å². The van der Waals surface area contributed by atoms with Crippen LogP contribution < -0.4 is 0 Å². The molecule has 0 N–H and O–H groups in total. The molecule has 1 atom stereocenters. The summed E-state index contributed by atoms with van der Waals surface area (Å²) >= 11 is 0. The molecule has 1 aliphatic rings. The molecule has 48 valence electrons. The van der Waals surface area contributed by atoms with Gasteiger partial charge in [0.05, 0.1) is 18.1 Å². The number of nitriles is 2. The maximum Gasteiger partial charge on any atom is 0.0961 e. The average Bonchev–Trinajstić information content (AvgIpc) is 2.04. The second kappa shape index (κ2) is 2.85. The highest BCUT2D eigenvalue weighted by molar-refractivity contribution is 5.35. The van der Waals surface area contributed by atoms with E-state index in [1.807, 2.05) is 18.2 Å². The van der Waals surface area contributed by atoms with E-state index in [2.05, 4.69) is 6.07 Å². The Morgan fingerprint density at radius 3 is 2.80 bits per heavy atom. The third kappa shape index (κ3) is 1.06. The van der Waals surface area contributed by atoms with Gasteiger partial charge in [-0.05, 0) is 12.5 Å². The number of hydrogen-bond acceptors (Lipinski definition) is 2. The van der Waals surface area contributed by atoms with Crippen LogP contribution >= 0.6 is 0 Å². The predicted octanol–water partition coefficient (Wildman–Crippen LogP) is 1.54. The first-order valence-electron chi connectivity index (χ1n) is 3.05. The van der Waals surface area contributed by atoms with E-state index < -0.39 is 0 Å². The molecule has 0 fully saturated rings. The minimum Gasteiger partial charge on any atom is -0.198 e. The third-order valence-electron chi connectivity index (χ3n) is 1.44. The second-order valence-corrected chi connectivity index (χ2v) is 2.08. The monoisotopic (exact) mass is 130 g/mol. The zero-order valence-corrected chi connectivity index (χ0v) is 5.41. The van der Waals surface area contributed by atoms with Crippen LogP contribution in [0.25, 0.3) is 0 Å². The molecule has 0 heterocycles. The number of hydrogen-bond donors (Lipinski definition) is 0. The van der Waals surface area contributed by atoms with Crippen molar-refractivity contribution in [2.45, 2.75) is 6.42 Å². The smallest absolute Gasteiger partial charge is 0.0961 e. The molecule has 0 saturated heterocycles. The SMILES string of the molecule is N#CC1=CC=CCC1C#N. The Morgan fingerprint density at radius 1 is 1.50 bits per heavy atom. The molecule has 0 bridgehead atoms. The fraction of sp³-hybridized carbons (Fsp3) is 0.250. The molecule has 1 unspecified atom stereocenters. The molecule has 0 saturated carbocycles. The van der Waals surface area contributed by atoms with Crippen molar-refractivity contribution in [2.24, 2.45) is 5.92 Å². The van der Waals surface area contributed by atoms with Gasteiger partial charge in [0.2, 0.25) is 0 Å². The normalized spacial score (nSPS) is 22.6. The van der Waals surface area contributed by atoms with E-state index in [0.29, 0.717) is 12.0 Å². The molecule has 0 aromatic rings. The summed E-state index contributed by atoms with van der Waals surface area (Å²) in [5.74, 6) is -0.213. The Labute approximate surface area is 59.7 Å². The number of nitrogens with zero attached hydrogens (tertiary/aromatic N) is 2. The summed E-state index contributed by atoms with van der Waals surface area (Å²) in [6.07, 6.45) is 6.08. The molecule has 0 spiro atoms. The third-order valence-corrected chi connectivity index (χ3v) is 1.44. The van der Waals surface area contributed by atoms with Crippen LogP contribution in [0, 0.1) is 28.6 Å². The van der Waals surface area contributed by atoms with E-state index in [9.17, 15) is 0 Å². The molecule has 0 radical (unpaired) electrons. The van der Waals surface area contributed by atoms with Crippen LogP contribution in [0.4, 0.5) is 0 Å². The molecule has 0 aromatic heterocycles. The van der Waals surface area contributed by atoms with Crippen LogP contribution in [0.2, 0.25) is 0 Å². The van der Waals surface area contributed by atoms with Crippen LogP contribution in [-0.4, -0.2) is 0 Å². The van der Waals surface area contributed by atoms with Crippen LogP contribution in [-0.2, 0) is 0 Å². The number of allylic oxidation sites excluding steroid dienone is 4. The summed E-state index contributed by atoms with van der Waals surface area (Å²) < 4.78 is 0. The van der Waals surface area contributed by atoms with E-state index in [1.54, 1.807) is 6.08 Å². The lowest BCUT2D eigenvalue weighted by Gasteiger charge is -2.05. The van der Waals surface area contributed by atoms with Gasteiger partial charge in [-0.15, -0.1) is 0 Å². The van der Waals surface area contributed by atoms with Gasteiger partial charge in [-0.1, -0.05) is 12.2 Å². The molecular formula is C8H6N2. The Hall–Kier alpha value is -1.54. The summed E-state index contributed by atoms with van der Waals surface area (Å²) in [6.45, 7) is 0. The Balaban J connectivity index is 2.86. The summed E-state index contributed by atoms with van der Waals surface area (Å²) in [7, 11) is 0. The highest BCUT2D eigenvalue weighted by Crippen LogP contribution is 2.18. The maximum atomic E-state index is 8.52. The zero-order valence-electron chi connectivity index (χ0n) is 5.41. The predicted molar refractivity (Wildman–Crippen MR) is 36.6 cm³/mol. The van der Waals surface area contributed by atoms with Gasteiger partial charge in [0.15, 0.2) is 0 Å². The lowest BCUT2D eigenvalue weighted by atomic mass is 9.94. The van der Waals surface area contributed by atoms with Crippen molar-refractivity contribution in [2.75, 3.05) is 0 Å². The molecule has 0 aliphatic heterocycles. The Kier molecular flexibility index (Phi) is 1.87. The molecule has 2 nitrogen and oxygen atoms in total. The lowest BCUT2D eigenvalue weighted by molar-refractivity contribution is 0.804. The van der Waals surface area contributed by atoms with Gasteiger partial charge in [0.25, 0.3) is 0 Å². The summed E-state index contributed by atoms with van der Waals surface area (Å²) in [6, 6.07) is 4.06. The highest BCUT2D eigenvalue weighted by Gasteiger charge is 2.12. The van der Waals surface area contributed by atoms with Gasteiger partial charge in [-0.25, -0.2) is 0 Å². The standard InChI is InChI=1S/C8H6N2/c9-5-7-3-1-2-4-8(7)6-10/h1-3,8H,4H2. The van der Waals surface area contributed by atoms with Crippen molar-refractivity contribution in [3.8, 4) is 12.1 Å². The molecule has 1 rings (SSSR count). The summed E-state index contributed by atoms with van der Waals surface area (Å²) in [4.78, 5) is 0. The lowest BCUT2D eigenvalue weighted by Crippen LogP contribution is -2.00. The van der Waals surface area contributed by atoms with Crippen molar-refractivity contribution < 1.29 is 0 Å². The first-order valence-corrected chi connectivity index (χ1v) is 3.05. The second-order valence-electron chi connectivity index (χ2n) is 2.08. The van der Waals surface area contributed by atoms with E-state index in [0.717, 1.165) is 0 Å². The van der Waals surface area contributed by atoms with Crippen LogP contribution in [0.15, 0.2) is 23.8 Å². The van der Waals surface area contributed by atoms with E-state index in [-0.39, 0.29) is 5.92 Å². The Morgan fingerprint density at radius 2 is 2.30 bits per heavy atom. The largest absolute Gasteiger partial charge is 0.198 e. The molecule has 1 aliphatic carbocycles. The van der Waals surface area contributed by atoms with Gasteiger partial charge < -0.3 is 0 Å². The quantitative estimate of drug-likeness (QED) is 0.499. The van der Waals surface area contributed by atoms with Crippen LogP contribution in [0.3, 0.4) is 0 Å². The van der Waals surface area contributed by atoms with E-state index in [4.69, 9.17) is 10.5 Å². The molecule has 0 aromatic carbocycles. The van der Waals surface area contributed by atoms with Gasteiger partial charge >= 0.3 is 0 Å². The van der Waals surface area contributed by atoms with E-state index >= 15 is 0 Å². The minimum atomic E-state index is -0.213. The molecule has 0 amide bonds. The van der Waals surface area contributed by atoms with Crippen LogP contribution in [0.1, 0.15) is 6.42 Å². The maximum absolute atomic E-state index is 8.52. The molecular weight excluding hydrogens is 124 g/mol. The summed E-state index contributed by atoms with van der Waals surface area (Å²) in [5.41, 5.74) is 0.574. The topological polar surface area (TPSA) is 47.6 Å². The fourth-order valence-electron chi connectivity index (χ4n) is 0.867. The van der Waals surface area contributed by atoms with Gasteiger partial charge in [0, 0.05) is 5.57 Å². The van der Waals surface area contributed by atoms with Crippen molar-refractivity contribution >= 4 is 0 Å². The molecule has 2 heteroatoms. The minimum absolute atomic E-state index is 0.213. The Bertz CT molecular complexity index is 260. The van der Waals surface area contributed by atoms with Crippen molar-refractivity contribution in [3.63, 3.8) is 0 Å². The van der Waals surface area contributed by atoms with Gasteiger partial charge in [-0.3, -0.25) is 0 Å². The number of rotatable bonds is 0. The zero-order chi connectivity index (χ0) is 7.40. The first kappa shape index (κ1) is 6.58. The fourth-order valence-corrected chi connectivity index (χ4v) is 0.867. The van der Waals surface area contributed by atoms with Crippen molar-refractivity contribution in [3.05, 3.63) is 23.8 Å². The van der Waals surface area contributed by atoms with Gasteiger partial charge in [0.1, 0.15) is 0 Å². The van der Waals surface area contributed by atoms with Gasteiger partial charge in [-0.2, -0.15) is 10.5 Å². The van der Waals surface area contributed by atoms with Crippen molar-refractivity contribution in [1.29, 1.82) is 10.5 Å². The highest BCUT2D eigenvalue weighted by atomic mass is 14.3. The van der Waals surface area contributed by atoms with E-state index in [1.165, 1.54) is 0 Å².